The van der Waals surface area contributed by atoms with Gasteiger partial charge in [0, 0.05) is 23.6 Å². The highest BCUT2D eigenvalue weighted by Crippen LogP contribution is 2.24. The molecule has 0 unspecified atom stereocenters. The number of fused-ring (bicyclic) bond motifs is 2. The average molecular weight is 391 g/mol. The van der Waals surface area contributed by atoms with Gasteiger partial charge in [0.15, 0.2) is 0 Å². The molecule has 1 N–H and O–H groups in total. The van der Waals surface area contributed by atoms with Gasteiger partial charge in [-0.25, -0.2) is 4.98 Å². The van der Waals surface area contributed by atoms with E-state index < -0.39 is 0 Å². The number of rotatable bonds is 4. The zero-order valence-electron chi connectivity index (χ0n) is 16.7. The number of hydrogen-bond donors (Lipinski definition) is 1. The summed E-state index contributed by atoms with van der Waals surface area (Å²) in [5.74, 6) is -0.0330. The number of nitrogens with zero attached hydrogens (tertiary/aromatic N) is 2. The van der Waals surface area contributed by atoms with E-state index in [9.17, 15) is 4.79 Å². The molecular formula is C26H21N3O. The van der Waals surface area contributed by atoms with Crippen LogP contribution in [-0.2, 0) is 11.2 Å². The monoisotopic (exact) mass is 391 g/mol. The van der Waals surface area contributed by atoms with Gasteiger partial charge in [0.25, 0.3) is 0 Å². The van der Waals surface area contributed by atoms with Crippen LogP contribution in [0.25, 0.3) is 27.7 Å². The van der Waals surface area contributed by atoms with Crippen LogP contribution in [-0.4, -0.2) is 15.3 Å². The van der Waals surface area contributed by atoms with Gasteiger partial charge >= 0.3 is 0 Å². The smallest absolute Gasteiger partial charge is 0.228 e. The Hall–Kier alpha value is -3.92. The van der Waals surface area contributed by atoms with Gasteiger partial charge in [-0.2, -0.15) is 0 Å². The zero-order chi connectivity index (χ0) is 20.5. The summed E-state index contributed by atoms with van der Waals surface area (Å²) in [6.45, 7) is 2.05. The summed E-state index contributed by atoms with van der Waals surface area (Å²) in [5, 5.41) is 5.30. The Labute approximate surface area is 174 Å². The minimum Gasteiger partial charge on any atom is -0.326 e. The first-order chi connectivity index (χ1) is 14.7. The number of anilines is 1. The maximum absolute atomic E-state index is 12.7. The molecule has 0 saturated heterocycles. The molecule has 3 aromatic carbocycles. The summed E-state index contributed by atoms with van der Waals surface area (Å²) in [6, 6.07) is 26.1. The molecule has 0 aliphatic carbocycles. The molecule has 5 rings (SSSR count). The number of benzene rings is 3. The molecular weight excluding hydrogens is 370 g/mol. The van der Waals surface area contributed by atoms with E-state index in [1.165, 1.54) is 0 Å². The number of amides is 1. The quantitative estimate of drug-likeness (QED) is 0.431. The van der Waals surface area contributed by atoms with E-state index in [-0.39, 0.29) is 5.91 Å². The number of carbonyl (C=O) groups is 1. The Kier molecular flexibility index (Phi) is 4.52. The fourth-order valence-corrected chi connectivity index (χ4v) is 3.87. The minimum absolute atomic E-state index is 0.0330. The first-order valence-corrected chi connectivity index (χ1v) is 9.99. The average Bonchev–Trinajstić information content (AvgIpc) is 3.20. The number of imidazole rings is 1. The van der Waals surface area contributed by atoms with Crippen molar-refractivity contribution in [2.24, 2.45) is 0 Å². The second-order valence-electron chi connectivity index (χ2n) is 7.49. The third-order valence-corrected chi connectivity index (χ3v) is 5.35. The lowest BCUT2D eigenvalue weighted by atomic mass is 10.0. The Balaban J connectivity index is 1.39. The first kappa shape index (κ1) is 18.1. The number of hydrogen-bond acceptors (Lipinski definition) is 2. The van der Waals surface area contributed by atoms with Crippen molar-refractivity contribution in [2.75, 3.05) is 5.32 Å². The van der Waals surface area contributed by atoms with Gasteiger partial charge in [-0.3, -0.25) is 4.79 Å². The number of pyridine rings is 1. The van der Waals surface area contributed by atoms with Crippen LogP contribution >= 0.6 is 0 Å². The fourth-order valence-electron chi connectivity index (χ4n) is 3.87. The summed E-state index contributed by atoms with van der Waals surface area (Å²) >= 11 is 0. The maximum Gasteiger partial charge on any atom is 0.228 e. The lowest BCUT2D eigenvalue weighted by Gasteiger charge is -2.09. The Morgan fingerprint density at radius 2 is 1.80 bits per heavy atom. The Morgan fingerprint density at radius 1 is 0.967 bits per heavy atom. The molecule has 4 nitrogen and oxygen atoms in total. The van der Waals surface area contributed by atoms with Crippen molar-refractivity contribution < 1.29 is 4.79 Å². The molecule has 0 radical (unpaired) electrons. The molecule has 0 atom stereocenters. The molecule has 0 spiro atoms. The summed E-state index contributed by atoms with van der Waals surface area (Å²) in [6.07, 6.45) is 4.34. The molecule has 1 amide bonds. The van der Waals surface area contributed by atoms with Gasteiger partial charge in [0.1, 0.15) is 5.65 Å². The summed E-state index contributed by atoms with van der Waals surface area (Å²) in [5.41, 5.74) is 5.72. The van der Waals surface area contributed by atoms with Crippen LogP contribution in [0.5, 0.6) is 0 Å². The van der Waals surface area contributed by atoms with Crippen molar-refractivity contribution in [3.63, 3.8) is 0 Å². The molecule has 2 heterocycles. The summed E-state index contributed by atoms with van der Waals surface area (Å²) in [7, 11) is 0. The number of nitrogens with one attached hydrogen (secondary N) is 1. The van der Waals surface area contributed by atoms with E-state index in [1.807, 2.05) is 71.4 Å². The molecule has 4 heteroatoms. The van der Waals surface area contributed by atoms with Gasteiger partial charge in [0.2, 0.25) is 5.91 Å². The minimum atomic E-state index is -0.0330. The lowest BCUT2D eigenvalue weighted by Crippen LogP contribution is -2.14. The van der Waals surface area contributed by atoms with Gasteiger partial charge in [0.05, 0.1) is 12.1 Å². The van der Waals surface area contributed by atoms with Crippen LogP contribution in [0.3, 0.4) is 0 Å². The molecule has 2 aromatic heterocycles. The molecule has 0 saturated carbocycles. The first-order valence-electron chi connectivity index (χ1n) is 9.99. The molecule has 0 aliphatic rings. The normalized spacial score (nSPS) is 11.1. The van der Waals surface area contributed by atoms with Crippen molar-refractivity contribution in [3.05, 3.63) is 102 Å². The Morgan fingerprint density at radius 3 is 2.70 bits per heavy atom. The van der Waals surface area contributed by atoms with Gasteiger partial charge in [-0.1, -0.05) is 60.7 Å². The van der Waals surface area contributed by atoms with E-state index >= 15 is 0 Å². The van der Waals surface area contributed by atoms with Crippen LogP contribution < -0.4 is 5.32 Å². The predicted molar refractivity (Wildman–Crippen MR) is 122 cm³/mol. The SMILES string of the molecule is Cc1cccn2cc(-c3cccc(NC(=O)Cc4cccc5ccccc45)c3)nc12. The van der Waals surface area contributed by atoms with Crippen molar-refractivity contribution in [3.8, 4) is 11.3 Å². The van der Waals surface area contributed by atoms with E-state index in [0.717, 1.165) is 44.5 Å². The van der Waals surface area contributed by atoms with Crippen LogP contribution in [0, 0.1) is 6.92 Å². The molecule has 30 heavy (non-hydrogen) atoms. The zero-order valence-corrected chi connectivity index (χ0v) is 16.7. The molecule has 0 aliphatic heterocycles. The van der Waals surface area contributed by atoms with E-state index in [4.69, 9.17) is 4.98 Å². The summed E-state index contributed by atoms with van der Waals surface area (Å²) < 4.78 is 2.02. The molecule has 146 valence electrons. The largest absolute Gasteiger partial charge is 0.326 e. The van der Waals surface area contributed by atoms with E-state index in [1.54, 1.807) is 0 Å². The van der Waals surface area contributed by atoms with Crippen molar-refractivity contribution >= 4 is 28.0 Å². The van der Waals surface area contributed by atoms with E-state index in [0.29, 0.717) is 6.42 Å². The highest BCUT2D eigenvalue weighted by atomic mass is 16.1. The fraction of sp³-hybridized carbons (Fsp3) is 0.0769. The summed E-state index contributed by atoms with van der Waals surface area (Å²) in [4.78, 5) is 17.5. The van der Waals surface area contributed by atoms with Gasteiger partial charge in [-0.15, -0.1) is 0 Å². The standard InChI is InChI=1S/C26H21N3O/c1-18-7-6-14-29-17-24(28-26(18)29)21-11-5-12-22(15-21)27-25(30)16-20-10-4-9-19-8-2-3-13-23(19)20/h2-15,17H,16H2,1H3,(H,27,30). The number of carbonyl (C=O) groups excluding carboxylic acids is 1. The van der Waals surface area contributed by atoms with Gasteiger partial charge in [-0.05, 0) is 47.0 Å². The third-order valence-electron chi connectivity index (χ3n) is 5.35. The van der Waals surface area contributed by atoms with Crippen LogP contribution in [0.1, 0.15) is 11.1 Å². The maximum atomic E-state index is 12.7. The van der Waals surface area contributed by atoms with Crippen LogP contribution in [0.15, 0.2) is 91.3 Å². The Bertz CT molecular complexity index is 1380. The highest BCUT2D eigenvalue weighted by molar-refractivity contribution is 5.96. The topological polar surface area (TPSA) is 46.4 Å². The van der Waals surface area contributed by atoms with Crippen LogP contribution in [0.4, 0.5) is 5.69 Å². The number of aryl methyl sites for hydroxylation is 1. The number of aromatic nitrogens is 2. The highest BCUT2D eigenvalue weighted by Gasteiger charge is 2.10. The predicted octanol–water partition coefficient (Wildman–Crippen LogP) is 5.64. The third kappa shape index (κ3) is 3.44. The molecule has 0 fully saturated rings. The molecule has 0 bridgehead atoms. The van der Waals surface area contributed by atoms with E-state index in [2.05, 4.69) is 36.5 Å². The van der Waals surface area contributed by atoms with Crippen molar-refractivity contribution in [1.29, 1.82) is 0 Å². The van der Waals surface area contributed by atoms with Crippen molar-refractivity contribution in [2.45, 2.75) is 13.3 Å². The van der Waals surface area contributed by atoms with Gasteiger partial charge < -0.3 is 9.72 Å². The molecule has 5 aromatic rings. The second-order valence-corrected chi connectivity index (χ2v) is 7.49. The second kappa shape index (κ2) is 7.48. The van der Waals surface area contributed by atoms with Crippen LogP contribution in [0.2, 0.25) is 0 Å². The van der Waals surface area contributed by atoms with Crippen molar-refractivity contribution in [1.82, 2.24) is 9.38 Å². The lowest BCUT2D eigenvalue weighted by molar-refractivity contribution is -0.115.